The Morgan fingerprint density at radius 1 is 1.03 bits per heavy atom. The van der Waals surface area contributed by atoms with Crippen LogP contribution in [0.5, 0.6) is 11.5 Å². The number of fused-ring (bicyclic) bond motifs is 3. The van der Waals surface area contributed by atoms with Crippen LogP contribution in [0.4, 0.5) is 11.4 Å². The minimum atomic E-state index is 0.292. The number of nitrogens with zero attached hydrogens (tertiary/aromatic N) is 1. The molecule has 0 unspecified atom stereocenters. The number of methoxy groups -OCH3 is 2. The minimum Gasteiger partial charge on any atom is -0.493 e. The predicted octanol–water partition coefficient (Wildman–Crippen LogP) is 7.35. The van der Waals surface area contributed by atoms with Crippen LogP contribution >= 0.6 is 15.9 Å². The van der Waals surface area contributed by atoms with E-state index in [1.165, 1.54) is 22.4 Å². The number of benzene rings is 3. The number of anilines is 1. The number of aryl methyl sites for hydroxylation is 1. The van der Waals surface area contributed by atoms with Gasteiger partial charge in [0.2, 0.25) is 0 Å². The van der Waals surface area contributed by atoms with Crippen molar-refractivity contribution in [3.05, 3.63) is 93.5 Å². The Bertz CT molecular complexity index is 1230. The predicted molar refractivity (Wildman–Crippen MR) is 138 cm³/mol. The van der Waals surface area contributed by atoms with Crippen molar-refractivity contribution in [3.63, 3.8) is 0 Å². The Hall–Kier alpha value is -3.05. The van der Waals surface area contributed by atoms with E-state index in [2.05, 4.69) is 87.8 Å². The number of ether oxygens (including phenoxy) is 2. The van der Waals surface area contributed by atoms with E-state index in [4.69, 9.17) is 9.47 Å². The molecule has 0 saturated heterocycles. The molecule has 0 aromatic heterocycles. The van der Waals surface area contributed by atoms with Crippen LogP contribution in [0, 0.1) is 12.8 Å². The average Bonchev–Trinajstić information content (AvgIpc) is 3.33. The van der Waals surface area contributed by atoms with Crippen LogP contribution in [0.3, 0.4) is 0 Å². The van der Waals surface area contributed by atoms with Gasteiger partial charge < -0.3 is 14.8 Å². The maximum atomic E-state index is 5.43. The van der Waals surface area contributed by atoms with Crippen LogP contribution in [0.2, 0.25) is 0 Å². The lowest BCUT2D eigenvalue weighted by Crippen LogP contribution is -2.29. The Labute approximate surface area is 203 Å². The molecule has 168 valence electrons. The summed E-state index contributed by atoms with van der Waals surface area (Å²) in [7, 11) is 3.26. The largest absolute Gasteiger partial charge is 0.493 e. The molecule has 5 rings (SSSR count). The van der Waals surface area contributed by atoms with E-state index < -0.39 is 0 Å². The van der Waals surface area contributed by atoms with E-state index in [1.54, 1.807) is 14.2 Å². The lowest BCUT2D eigenvalue weighted by atomic mass is 9.76. The summed E-state index contributed by atoms with van der Waals surface area (Å²) < 4.78 is 11.6. The molecule has 3 atom stereocenters. The maximum absolute atomic E-state index is 5.43. The highest BCUT2D eigenvalue weighted by Crippen LogP contribution is 2.50. The normalized spacial score (nSPS) is 20.9. The molecule has 1 aliphatic heterocycles. The lowest BCUT2D eigenvalue weighted by Gasteiger charge is -2.37. The molecule has 0 saturated carbocycles. The van der Waals surface area contributed by atoms with Gasteiger partial charge in [0.15, 0.2) is 11.5 Å². The second-order valence-corrected chi connectivity index (χ2v) is 9.51. The first kappa shape index (κ1) is 21.8. The highest BCUT2D eigenvalue weighted by Gasteiger charge is 2.37. The van der Waals surface area contributed by atoms with E-state index in [0.717, 1.165) is 22.1 Å². The van der Waals surface area contributed by atoms with E-state index in [1.807, 2.05) is 18.3 Å². The van der Waals surface area contributed by atoms with Gasteiger partial charge in [0, 0.05) is 17.8 Å². The fraction of sp³-hybridized carbons (Fsp3) is 0.250. The number of hydrogen-bond donors (Lipinski definition) is 1. The number of aliphatic imine (C=N–C) groups is 1. The second kappa shape index (κ2) is 9.06. The first-order valence-corrected chi connectivity index (χ1v) is 12.0. The van der Waals surface area contributed by atoms with Crippen molar-refractivity contribution in [1.82, 2.24) is 0 Å². The first-order chi connectivity index (χ1) is 16.1. The van der Waals surface area contributed by atoms with Crippen LogP contribution in [-0.2, 0) is 0 Å². The van der Waals surface area contributed by atoms with Crippen LogP contribution in [0.1, 0.15) is 40.6 Å². The molecule has 2 aliphatic rings. The van der Waals surface area contributed by atoms with Gasteiger partial charge in [-0.1, -0.05) is 42.0 Å². The van der Waals surface area contributed by atoms with Crippen molar-refractivity contribution >= 4 is 33.5 Å². The summed E-state index contributed by atoms with van der Waals surface area (Å²) in [4.78, 5) is 4.67. The van der Waals surface area contributed by atoms with Gasteiger partial charge in [-0.15, -0.1) is 0 Å². The molecule has 0 spiro atoms. The van der Waals surface area contributed by atoms with Crippen molar-refractivity contribution in [2.75, 3.05) is 19.5 Å². The topological polar surface area (TPSA) is 42.8 Å². The molecule has 3 aromatic rings. The summed E-state index contributed by atoms with van der Waals surface area (Å²) in [5.41, 5.74) is 7.14. The van der Waals surface area contributed by atoms with Crippen molar-refractivity contribution in [2.24, 2.45) is 10.9 Å². The smallest absolute Gasteiger partial charge is 0.174 e. The van der Waals surface area contributed by atoms with Gasteiger partial charge >= 0.3 is 0 Å². The molecule has 1 heterocycles. The molecular weight excluding hydrogens is 476 g/mol. The molecule has 0 fully saturated rings. The first-order valence-electron chi connectivity index (χ1n) is 11.2. The van der Waals surface area contributed by atoms with Gasteiger partial charge in [0.05, 0.1) is 30.4 Å². The molecule has 0 bridgehead atoms. The minimum absolute atomic E-state index is 0.292. The third kappa shape index (κ3) is 4.18. The van der Waals surface area contributed by atoms with E-state index in [0.29, 0.717) is 29.4 Å². The monoisotopic (exact) mass is 502 g/mol. The molecule has 0 amide bonds. The van der Waals surface area contributed by atoms with Gasteiger partial charge in [0.25, 0.3) is 0 Å². The third-order valence-electron chi connectivity index (χ3n) is 6.59. The maximum Gasteiger partial charge on any atom is 0.174 e. The lowest BCUT2D eigenvalue weighted by molar-refractivity contribution is 0.353. The Balaban J connectivity index is 1.37. The van der Waals surface area contributed by atoms with Crippen LogP contribution in [0.15, 0.2) is 76.2 Å². The van der Waals surface area contributed by atoms with Crippen LogP contribution < -0.4 is 14.8 Å². The molecular formula is C28H27BrN2O2. The highest BCUT2D eigenvalue weighted by atomic mass is 79.9. The van der Waals surface area contributed by atoms with Crippen molar-refractivity contribution < 1.29 is 9.47 Å². The molecule has 0 radical (unpaired) electrons. The number of rotatable bonds is 5. The summed E-state index contributed by atoms with van der Waals surface area (Å²) in [5, 5.41) is 3.81. The van der Waals surface area contributed by atoms with Gasteiger partial charge in [0.1, 0.15) is 0 Å². The quantitative estimate of drug-likeness (QED) is 0.292. The summed E-state index contributed by atoms with van der Waals surface area (Å²) >= 11 is 3.54. The molecule has 4 nitrogen and oxygen atoms in total. The Morgan fingerprint density at radius 3 is 2.61 bits per heavy atom. The zero-order valence-corrected chi connectivity index (χ0v) is 20.6. The summed E-state index contributed by atoms with van der Waals surface area (Å²) in [6, 6.07) is 19.5. The fourth-order valence-electron chi connectivity index (χ4n) is 4.97. The average molecular weight is 503 g/mol. The highest BCUT2D eigenvalue weighted by molar-refractivity contribution is 9.10. The summed E-state index contributed by atoms with van der Waals surface area (Å²) in [5.74, 6) is 2.36. The van der Waals surface area contributed by atoms with Gasteiger partial charge in [-0.25, -0.2) is 0 Å². The Morgan fingerprint density at radius 2 is 1.85 bits per heavy atom. The fourth-order valence-corrected chi connectivity index (χ4v) is 5.59. The molecule has 3 aromatic carbocycles. The number of halogens is 1. The van der Waals surface area contributed by atoms with Crippen molar-refractivity contribution in [3.8, 4) is 11.5 Å². The van der Waals surface area contributed by atoms with Gasteiger partial charge in [-0.2, -0.15) is 0 Å². The van der Waals surface area contributed by atoms with Gasteiger partial charge in [-0.3, -0.25) is 4.99 Å². The Kier molecular flexibility index (Phi) is 5.98. The second-order valence-electron chi connectivity index (χ2n) is 8.65. The van der Waals surface area contributed by atoms with Crippen LogP contribution in [-0.4, -0.2) is 20.4 Å². The van der Waals surface area contributed by atoms with E-state index in [9.17, 15) is 0 Å². The summed E-state index contributed by atoms with van der Waals surface area (Å²) in [6.07, 6.45) is 7.66. The zero-order valence-electron chi connectivity index (χ0n) is 19.0. The number of allylic oxidation sites excluding steroid dienone is 2. The van der Waals surface area contributed by atoms with Gasteiger partial charge in [-0.05, 0) is 82.2 Å². The molecule has 1 N–H and O–H groups in total. The zero-order chi connectivity index (χ0) is 22.9. The van der Waals surface area contributed by atoms with E-state index >= 15 is 0 Å². The molecule has 1 aliphatic carbocycles. The van der Waals surface area contributed by atoms with Crippen molar-refractivity contribution in [1.29, 1.82) is 0 Å². The summed E-state index contributed by atoms with van der Waals surface area (Å²) in [6.45, 7) is 2.17. The number of hydrogen-bond acceptors (Lipinski definition) is 4. The molecule has 33 heavy (non-hydrogen) atoms. The standard InChI is InChI=1S/C28H27BrN2O2/c1-17-7-12-25-23(13-17)21-5-4-6-22(21)27(31-25)19-8-10-20(11-9-19)30-16-18-14-24(29)28(33-3)26(15-18)32-2/h4-5,7-16,21-22,27,31H,6H2,1-3H3/t21-,22-,27-/m0/s1. The molecule has 5 heteroatoms. The number of nitrogens with one attached hydrogen (secondary N) is 1. The van der Waals surface area contributed by atoms with E-state index in [-0.39, 0.29) is 0 Å². The SMILES string of the molecule is COc1cc(C=Nc2ccc([C@@H]3Nc4ccc(C)cc4[C@H]4C=CC[C@@H]43)cc2)cc(Br)c1OC. The van der Waals surface area contributed by atoms with Crippen molar-refractivity contribution in [2.45, 2.75) is 25.3 Å². The van der Waals surface area contributed by atoms with Crippen LogP contribution in [0.25, 0.3) is 0 Å². The third-order valence-corrected chi connectivity index (χ3v) is 7.18.